The lowest BCUT2D eigenvalue weighted by Crippen LogP contribution is -2.57. The molecule has 0 radical (unpaired) electrons. The number of benzene rings is 2. The molecule has 2 fully saturated rings. The lowest BCUT2D eigenvalue weighted by molar-refractivity contribution is 0.251. The fraction of sp³-hybridized carbons (Fsp3) is 0.516. The highest BCUT2D eigenvalue weighted by atomic mass is 35.5. The van der Waals surface area contributed by atoms with Gasteiger partial charge in [-0.25, -0.2) is 9.98 Å². The Balaban J connectivity index is 1.37. The molecule has 1 saturated carbocycles. The molecule has 9 heteroatoms. The highest BCUT2D eigenvalue weighted by Gasteiger charge is 2.26. The number of rotatable bonds is 6. The van der Waals surface area contributed by atoms with Crippen LogP contribution in [0.3, 0.4) is 0 Å². The normalized spacial score (nSPS) is 21.5. The minimum absolute atomic E-state index is 0.0637. The summed E-state index contributed by atoms with van der Waals surface area (Å²) < 4.78 is 1.64. The summed E-state index contributed by atoms with van der Waals surface area (Å²) in [4.78, 5) is 25.5. The number of hydrogen-bond donors (Lipinski definition) is 2. The highest BCUT2D eigenvalue weighted by Crippen LogP contribution is 2.28. The van der Waals surface area contributed by atoms with Crippen LogP contribution < -0.4 is 16.2 Å². The molecule has 3 aromatic rings. The molecule has 1 aliphatic heterocycles. The van der Waals surface area contributed by atoms with Gasteiger partial charge in [0.05, 0.1) is 23.3 Å². The van der Waals surface area contributed by atoms with E-state index in [4.69, 9.17) is 28.2 Å². The number of aliphatic imine (C=N–C) groups is 1. The van der Waals surface area contributed by atoms with E-state index < -0.39 is 0 Å². The Labute approximate surface area is 247 Å². The molecular weight excluding hydrogens is 543 g/mol. The average molecular weight is 584 g/mol. The van der Waals surface area contributed by atoms with E-state index in [1.165, 1.54) is 32.1 Å². The van der Waals surface area contributed by atoms with Gasteiger partial charge in [0, 0.05) is 47.5 Å². The van der Waals surface area contributed by atoms with E-state index in [0.29, 0.717) is 51.9 Å². The van der Waals surface area contributed by atoms with E-state index in [1.54, 1.807) is 17.0 Å². The molecule has 5 rings (SSSR count). The van der Waals surface area contributed by atoms with Crippen LogP contribution in [0.1, 0.15) is 58.4 Å². The molecule has 1 aliphatic carbocycles. The van der Waals surface area contributed by atoms with E-state index >= 15 is 0 Å². The number of fused-ring (bicyclic) bond motifs is 1. The van der Waals surface area contributed by atoms with Crippen LogP contribution in [0.2, 0.25) is 10.0 Å². The summed E-state index contributed by atoms with van der Waals surface area (Å²) in [5.41, 5.74) is 2.44. The molecule has 2 N–H and O–H groups in total. The Morgan fingerprint density at radius 3 is 2.58 bits per heavy atom. The van der Waals surface area contributed by atoms with Crippen molar-refractivity contribution in [1.82, 2.24) is 19.8 Å². The van der Waals surface area contributed by atoms with Crippen molar-refractivity contribution in [3.63, 3.8) is 0 Å². The first kappa shape index (κ1) is 28.9. The monoisotopic (exact) mass is 582 g/mol. The third kappa shape index (κ3) is 6.99. The zero-order chi connectivity index (χ0) is 28.2. The van der Waals surface area contributed by atoms with Crippen molar-refractivity contribution in [2.45, 2.75) is 84.0 Å². The number of aryl methyl sites for hydroxylation is 2. The summed E-state index contributed by atoms with van der Waals surface area (Å²) in [5, 5.41) is 9.03. The summed E-state index contributed by atoms with van der Waals surface area (Å²) >= 11 is 12.3. The van der Waals surface area contributed by atoms with E-state index in [2.05, 4.69) is 41.3 Å². The largest absolute Gasteiger partial charge is 0.340 e. The topological polar surface area (TPSA) is 74.5 Å². The van der Waals surface area contributed by atoms with Gasteiger partial charge in [-0.15, -0.1) is 0 Å². The summed E-state index contributed by atoms with van der Waals surface area (Å²) in [5.74, 6) is 1.54. The van der Waals surface area contributed by atoms with Crippen LogP contribution in [0.25, 0.3) is 10.9 Å². The molecule has 0 unspecified atom stereocenters. The van der Waals surface area contributed by atoms with Crippen molar-refractivity contribution < 1.29 is 0 Å². The number of anilines is 1. The third-order valence-electron chi connectivity index (χ3n) is 8.23. The third-order valence-corrected chi connectivity index (χ3v) is 8.82. The van der Waals surface area contributed by atoms with Gasteiger partial charge in [-0.1, -0.05) is 48.5 Å². The average Bonchev–Trinajstić information content (AvgIpc) is 2.93. The van der Waals surface area contributed by atoms with Gasteiger partial charge in [0.15, 0.2) is 5.96 Å². The Morgan fingerprint density at radius 2 is 1.85 bits per heavy atom. The van der Waals surface area contributed by atoms with Gasteiger partial charge in [0.25, 0.3) is 5.56 Å². The molecule has 214 valence electrons. The first-order chi connectivity index (χ1) is 19.3. The van der Waals surface area contributed by atoms with Crippen LogP contribution >= 0.6 is 23.2 Å². The van der Waals surface area contributed by atoms with Crippen molar-refractivity contribution in [2.24, 2.45) is 10.9 Å². The number of nitrogens with zero attached hydrogens (tertiary/aromatic N) is 4. The van der Waals surface area contributed by atoms with Crippen molar-refractivity contribution >= 4 is 45.8 Å². The molecule has 0 spiro atoms. The Morgan fingerprint density at radius 1 is 1.10 bits per heavy atom. The molecule has 40 heavy (non-hydrogen) atoms. The predicted octanol–water partition coefficient (Wildman–Crippen LogP) is 6.36. The molecule has 2 aliphatic rings. The predicted molar refractivity (Wildman–Crippen MR) is 167 cm³/mol. The molecular formula is C31H40Cl2N6O. The summed E-state index contributed by atoms with van der Waals surface area (Å²) in [7, 11) is 0. The molecule has 1 saturated heterocycles. The van der Waals surface area contributed by atoms with Crippen LogP contribution in [0.5, 0.6) is 0 Å². The molecule has 1 aromatic heterocycles. The van der Waals surface area contributed by atoms with E-state index in [0.717, 1.165) is 30.3 Å². The molecule has 0 amide bonds. The van der Waals surface area contributed by atoms with Gasteiger partial charge in [-0.05, 0) is 81.8 Å². The van der Waals surface area contributed by atoms with Crippen LogP contribution in [0.15, 0.2) is 52.5 Å². The summed E-state index contributed by atoms with van der Waals surface area (Å²) in [6, 6.07) is 12.2. The van der Waals surface area contributed by atoms with Crippen LogP contribution in [0.4, 0.5) is 5.69 Å². The highest BCUT2D eigenvalue weighted by molar-refractivity contribution is 6.35. The number of piperazine rings is 1. The maximum atomic E-state index is 13.3. The molecule has 0 bridgehead atoms. The van der Waals surface area contributed by atoms with Gasteiger partial charge in [0.2, 0.25) is 0 Å². The number of guanidine groups is 1. The molecule has 3 atom stereocenters. The first-order valence-corrected chi connectivity index (χ1v) is 15.3. The van der Waals surface area contributed by atoms with Crippen molar-refractivity contribution in [3.05, 3.63) is 68.7 Å². The minimum Gasteiger partial charge on any atom is -0.340 e. The molecule has 2 heterocycles. The van der Waals surface area contributed by atoms with Gasteiger partial charge in [-0.3, -0.25) is 9.36 Å². The first-order valence-electron chi connectivity index (χ1n) is 14.6. The second-order valence-corrected chi connectivity index (χ2v) is 12.4. The van der Waals surface area contributed by atoms with Crippen LogP contribution in [-0.4, -0.2) is 51.6 Å². The van der Waals surface area contributed by atoms with Crippen molar-refractivity contribution in [3.8, 4) is 0 Å². The number of halogens is 2. The lowest BCUT2D eigenvalue weighted by atomic mass is 9.85. The smallest absolute Gasteiger partial charge is 0.261 e. The van der Waals surface area contributed by atoms with E-state index in [9.17, 15) is 4.79 Å². The van der Waals surface area contributed by atoms with Crippen molar-refractivity contribution in [1.29, 1.82) is 0 Å². The molecule has 7 nitrogen and oxygen atoms in total. The number of hydrogen-bond acceptors (Lipinski definition) is 4. The maximum absolute atomic E-state index is 13.3. The summed E-state index contributed by atoms with van der Waals surface area (Å²) in [6.07, 6.45) is 8.68. The number of nitrogens with one attached hydrogen (secondary N) is 2. The summed E-state index contributed by atoms with van der Waals surface area (Å²) in [6.45, 7) is 8.96. The Hall–Kier alpha value is -2.61. The van der Waals surface area contributed by atoms with Gasteiger partial charge < -0.3 is 15.5 Å². The molecule has 2 aromatic carbocycles. The van der Waals surface area contributed by atoms with Gasteiger partial charge in [-0.2, -0.15) is 0 Å². The fourth-order valence-electron chi connectivity index (χ4n) is 6.10. The fourth-order valence-corrected chi connectivity index (χ4v) is 6.60. The van der Waals surface area contributed by atoms with Crippen LogP contribution in [0, 0.1) is 5.92 Å². The van der Waals surface area contributed by atoms with Gasteiger partial charge in [0.1, 0.15) is 0 Å². The standard InChI is InChI=1S/C31H40Cl2N6O/c1-20-17-39(18-21(2)35-20)31(36-22(3)23-7-5-4-6-8-23)37-26-11-12-27-29(16-26)34-19-38(30(27)40)14-13-24-9-10-25(32)15-28(24)33/h9-12,15-16,19-23,35H,4-8,13-14,17-18H2,1-3H3,(H,36,37)/t20-,21+,22-/m1/s1. The van der Waals surface area contributed by atoms with Crippen LogP contribution in [-0.2, 0) is 13.0 Å². The zero-order valence-corrected chi connectivity index (χ0v) is 25.2. The SMILES string of the molecule is C[C@@H]1CN(/C(=N/[C@H](C)C2CCCCC2)Nc2ccc3c(=O)n(CCc4ccc(Cl)cc4Cl)cnc3c2)C[C@H](C)N1. The van der Waals surface area contributed by atoms with E-state index in [-0.39, 0.29) is 11.6 Å². The Bertz CT molecular complexity index is 1410. The second-order valence-electron chi connectivity index (χ2n) is 11.6. The zero-order valence-electron chi connectivity index (χ0n) is 23.7. The van der Waals surface area contributed by atoms with Gasteiger partial charge >= 0.3 is 0 Å². The second kappa shape index (κ2) is 12.9. The van der Waals surface area contributed by atoms with E-state index in [1.807, 2.05) is 30.3 Å². The minimum atomic E-state index is -0.0637. The quantitative estimate of drug-likeness (QED) is 0.261. The lowest BCUT2D eigenvalue weighted by Gasteiger charge is -2.39. The van der Waals surface area contributed by atoms with Crippen molar-refractivity contribution in [2.75, 3.05) is 18.4 Å². The Kier molecular flexibility index (Phi) is 9.34. The number of aromatic nitrogens is 2. The maximum Gasteiger partial charge on any atom is 0.261 e.